The summed E-state index contributed by atoms with van der Waals surface area (Å²) in [6, 6.07) is 18.9. The number of carbonyl (C=O) groups is 1. The SMILES string of the molecule is CC(N)(C(=O)NCC(O)Cc1ccccc1)c1ccccc1.Cl. The maximum atomic E-state index is 12.3. The van der Waals surface area contributed by atoms with Crippen molar-refractivity contribution < 1.29 is 9.90 Å². The molecular formula is C18H23ClN2O2. The monoisotopic (exact) mass is 334 g/mol. The van der Waals surface area contributed by atoms with Crippen LogP contribution < -0.4 is 11.1 Å². The maximum absolute atomic E-state index is 12.3. The molecule has 0 aliphatic carbocycles. The Morgan fingerprint density at radius 3 is 2.22 bits per heavy atom. The highest BCUT2D eigenvalue weighted by Gasteiger charge is 2.30. The van der Waals surface area contributed by atoms with Gasteiger partial charge in [-0.2, -0.15) is 0 Å². The number of hydrogen-bond donors (Lipinski definition) is 3. The highest BCUT2D eigenvalue weighted by atomic mass is 35.5. The standard InChI is InChI=1S/C18H22N2O2.ClH/c1-18(19,15-10-6-3-7-11-15)17(22)20-13-16(21)12-14-8-4-2-5-9-14;/h2-11,16,21H,12-13,19H2,1H3,(H,20,22);1H. The molecule has 4 nitrogen and oxygen atoms in total. The molecule has 2 aromatic carbocycles. The van der Waals surface area contributed by atoms with Gasteiger partial charge in [0, 0.05) is 13.0 Å². The van der Waals surface area contributed by atoms with E-state index in [1.807, 2.05) is 60.7 Å². The Morgan fingerprint density at radius 1 is 1.13 bits per heavy atom. The first-order valence-corrected chi connectivity index (χ1v) is 7.35. The largest absolute Gasteiger partial charge is 0.391 e. The molecule has 124 valence electrons. The van der Waals surface area contributed by atoms with E-state index in [2.05, 4.69) is 5.32 Å². The fourth-order valence-corrected chi connectivity index (χ4v) is 2.27. The maximum Gasteiger partial charge on any atom is 0.244 e. The van der Waals surface area contributed by atoms with Gasteiger partial charge < -0.3 is 16.2 Å². The fourth-order valence-electron chi connectivity index (χ4n) is 2.27. The Bertz CT molecular complexity index is 603. The van der Waals surface area contributed by atoms with Gasteiger partial charge in [0.15, 0.2) is 0 Å². The molecule has 0 radical (unpaired) electrons. The average Bonchev–Trinajstić information content (AvgIpc) is 2.54. The lowest BCUT2D eigenvalue weighted by atomic mass is 9.92. The van der Waals surface area contributed by atoms with Gasteiger partial charge in [0.1, 0.15) is 5.54 Å². The third-order valence-corrected chi connectivity index (χ3v) is 3.66. The van der Waals surface area contributed by atoms with Gasteiger partial charge in [0.25, 0.3) is 0 Å². The van der Waals surface area contributed by atoms with E-state index in [1.54, 1.807) is 6.92 Å². The topological polar surface area (TPSA) is 75.4 Å². The van der Waals surface area contributed by atoms with Crippen LogP contribution in [0.1, 0.15) is 18.1 Å². The van der Waals surface area contributed by atoms with Gasteiger partial charge in [0.2, 0.25) is 5.91 Å². The Balaban J connectivity index is 0.00000264. The van der Waals surface area contributed by atoms with E-state index < -0.39 is 11.6 Å². The summed E-state index contributed by atoms with van der Waals surface area (Å²) >= 11 is 0. The normalized spacial score (nSPS) is 14.2. The van der Waals surface area contributed by atoms with Crippen molar-refractivity contribution in [2.45, 2.75) is 25.0 Å². The lowest BCUT2D eigenvalue weighted by molar-refractivity contribution is -0.126. The summed E-state index contributed by atoms with van der Waals surface area (Å²) in [4.78, 5) is 12.3. The molecule has 0 spiro atoms. The zero-order chi connectivity index (χ0) is 16.0. The van der Waals surface area contributed by atoms with Crippen molar-refractivity contribution >= 4 is 18.3 Å². The van der Waals surface area contributed by atoms with Crippen LogP contribution in [0.4, 0.5) is 0 Å². The van der Waals surface area contributed by atoms with Crippen LogP contribution in [-0.4, -0.2) is 23.7 Å². The van der Waals surface area contributed by atoms with Gasteiger partial charge in [-0.3, -0.25) is 4.79 Å². The van der Waals surface area contributed by atoms with E-state index in [0.717, 1.165) is 11.1 Å². The summed E-state index contributed by atoms with van der Waals surface area (Å²) in [6.45, 7) is 1.84. The molecule has 1 amide bonds. The second kappa shape index (κ2) is 8.67. The summed E-state index contributed by atoms with van der Waals surface area (Å²) in [5, 5.41) is 12.8. The minimum absolute atomic E-state index is 0. The van der Waals surface area contributed by atoms with E-state index in [9.17, 15) is 9.90 Å². The van der Waals surface area contributed by atoms with Crippen LogP contribution in [-0.2, 0) is 16.8 Å². The van der Waals surface area contributed by atoms with Gasteiger partial charge in [-0.1, -0.05) is 60.7 Å². The first-order valence-electron chi connectivity index (χ1n) is 7.35. The van der Waals surface area contributed by atoms with Gasteiger partial charge in [-0.05, 0) is 18.1 Å². The molecule has 0 aliphatic rings. The molecule has 0 saturated heterocycles. The van der Waals surface area contributed by atoms with Crippen molar-refractivity contribution in [1.29, 1.82) is 0 Å². The van der Waals surface area contributed by atoms with Gasteiger partial charge >= 0.3 is 0 Å². The van der Waals surface area contributed by atoms with Crippen molar-refractivity contribution in [3.05, 3.63) is 71.8 Å². The predicted molar refractivity (Wildman–Crippen MR) is 94.4 cm³/mol. The van der Waals surface area contributed by atoms with E-state index in [1.165, 1.54) is 0 Å². The van der Waals surface area contributed by atoms with Crippen LogP contribution >= 0.6 is 12.4 Å². The smallest absolute Gasteiger partial charge is 0.244 e. The van der Waals surface area contributed by atoms with Crippen molar-refractivity contribution in [1.82, 2.24) is 5.32 Å². The number of nitrogens with one attached hydrogen (secondary N) is 1. The van der Waals surface area contributed by atoms with Gasteiger partial charge in [-0.25, -0.2) is 0 Å². The minimum atomic E-state index is -1.12. The van der Waals surface area contributed by atoms with Gasteiger partial charge in [0.05, 0.1) is 6.10 Å². The first kappa shape index (κ1) is 19.2. The molecule has 0 heterocycles. The van der Waals surface area contributed by atoms with Crippen LogP contribution in [0.5, 0.6) is 0 Å². The van der Waals surface area contributed by atoms with Crippen LogP contribution in [0.3, 0.4) is 0 Å². The quantitative estimate of drug-likeness (QED) is 0.756. The number of halogens is 1. The second-order valence-electron chi connectivity index (χ2n) is 5.62. The molecule has 2 aromatic rings. The molecule has 2 rings (SSSR count). The van der Waals surface area contributed by atoms with Crippen LogP contribution in [0.15, 0.2) is 60.7 Å². The Morgan fingerprint density at radius 2 is 1.65 bits per heavy atom. The van der Waals surface area contributed by atoms with Gasteiger partial charge in [-0.15, -0.1) is 12.4 Å². The molecular weight excluding hydrogens is 312 g/mol. The Labute approximate surface area is 143 Å². The van der Waals surface area contributed by atoms with Crippen LogP contribution in [0, 0.1) is 0 Å². The summed E-state index contributed by atoms with van der Waals surface area (Å²) in [5.41, 5.74) is 6.78. The van der Waals surface area contributed by atoms with E-state index in [-0.39, 0.29) is 24.9 Å². The third kappa shape index (κ3) is 5.36. The lowest BCUT2D eigenvalue weighted by Gasteiger charge is -2.25. The van der Waals surface area contributed by atoms with E-state index in [4.69, 9.17) is 5.73 Å². The second-order valence-corrected chi connectivity index (χ2v) is 5.62. The molecule has 0 aliphatic heterocycles. The Kier molecular flexibility index (Phi) is 7.23. The molecule has 4 N–H and O–H groups in total. The summed E-state index contributed by atoms with van der Waals surface area (Å²) < 4.78 is 0. The zero-order valence-corrected chi connectivity index (χ0v) is 13.9. The molecule has 0 fully saturated rings. The number of rotatable bonds is 6. The third-order valence-electron chi connectivity index (χ3n) is 3.66. The van der Waals surface area contributed by atoms with Crippen molar-refractivity contribution in [3.63, 3.8) is 0 Å². The van der Waals surface area contributed by atoms with E-state index in [0.29, 0.717) is 6.42 Å². The summed E-state index contributed by atoms with van der Waals surface area (Å²) in [7, 11) is 0. The number of carbonyl (C=O) groups excluding carboxylic acids is 1. The number of nitrogens with two attached hydrogens (primary N) is 1. The fraction of sp³-hybridized carbons (Fsp3) is 0.278. The van der Waals surface area contributed by atoms with Crippen molar-refractivity contribution in [2.24, 2.45) is 5.73 Å². The number of hydrogen-bond acceptors (Lipinski definition) is 3. The van der Waals surface area contributed by atoms with E-state index >= 15 is 0 Å². The highest BCUT2D eigenvalue weighted by molar-refractivity contribution is 5.87. The molecule has 23 heavy (non-hydrogen) atoms. The molecule has 0 aromatic heterocycles. The summed E-state index contributed by atoms with van der Waals surface area (Å²) in [5.74, 6) is -0.300. The Hall–Kier alpha value is -1.88. The number of aliphatic hydroxyl groups excluding tert-OH is 1. The number of benzene rings is 2. The summed E-state index contributed by atoms with van der Waals surface area (Å²) in [6.07, 6.45) is -0.147. The zero-order valence-electron chi connectivity index (χ0n) is 13.1. The number of aliphatic hydroxyl groups is 1. The minimum Gasteiger partial charge on any atom is -0.391 e. The molecule has 2 atom stereocenters. The van der Waals surface area contributed by atoms with Crippen LogP contribution in [0.2, 0.25) is 0 Å². The average molecular weight is 335 g/mol. The van der Waals surface area contributed by atoms with Crippen molar-refractivity contribution in [2.75, 3.05) is 6.54 Å². The molecule has 2 unspecified atom stereocenters. The highest BCUT2D eigenvalue weighted by Crippen LogP contribution is 2.17. The lowest BCUT2D eigenvalue weighted by Crippen LogP contribution is -2.50. The molecule has 5 heteroatoms. The predicted octanol–water partition coefficient (Wildman–Crippen LogP) is 2.00. The van der Waals surface area contributed by atoms with Crippen LogP contribution in [0.25, 0.3) is 0 Å². The van der Waals surface area contributed by atoms with Crippen molar-refractivity contribution in [3.8, 4) is 0 Å². The first-order chi connectivity index (χ1) is 10.5. The molecule has 0 bridgehead atoms. The number of amides is 1. The molecule has 0 saturated carbocycles.